The normalized spacial score (nSPS) is 14.1. The lowest BCUT2D eigenvalue weighted by Gasteiger charge is -2.20. The van der Waals surface area contributed by atoms with Crippen LogP contribution in [0.2, 0.25) is 0 Å². The zero-order chi connectivity index (χ0) is 22.9. The van der Waals surface area contributed by atoms with Crippen molar-refractivity contribution in [2.24, 2.45) is 0 Å². The van der Waals surface area contributed by atoms with Crippen LogP contribution in [0.15, 0.2) is 71.9 Å². The highest BCUT2D eigenvalue weighted by atomic mass is 16.2. The van der Waals surface area contributed by atoms with Crippen molar-refractivity contribution in [1.82, 2.24) is 24.3 Å². The molecule has 4 aromatic rings. The number of carbonyl (C=O) groups is 1. The maximum atomic E-state index is 12.8. The molecule has 1 saturated heterocycles. The number of aromatic nitrogens is 3. The number of anilines is 1. The first-order chi connectivity index (χ1) is 16.0. The molecule has 0 aliphatic carbocycles. The molecule has 1 aliphatic heterocycles. The van der Waals surface area contributed by atoms with Crippen LogP contribution in [0.3, 0.4) is 0 Å². The van der Waals surface area contributed by atoms with Crippen molar-refractivity contribution in [2.75, 3.05) is 45.2 Å². The van der Waals surface area contributed by atoms with Gasteiger partial charge in [-0.1, -0.05) is 30.3 Å². The van der Waals surface area contributed by atoms with E-state index in [-0.39, 0.29) is 11.6 Å². The fraction of sp³-hybridized carbons (Fsp3) is 0.240. The van der Waals surface area contributed by atoms with E-state index >= 15 is 0 Å². The third-order valence-corrected chi connectivity index (χ3v) is 6.03. The van der Waals surface area contributed by atoms with E-state index in [0.717, 1.165) is 42.1 Å². The maximum absolute atomic E-state index is 12.8. The van der Waals surface area contributed by atoms with E-state index in [1.54, 1.807) is 4.90 Å². The number of amides is 2. The third kappa shape index (κ3) is 3.89. The highest BCUT2D eigenvalue weighted by Crippen LogP contribution is 2.31. The van der Waals surface area contributed by atoms with E-state index < -0.39 is 0 Å². The van der Waals surface area contributed by atoms with Crippen LogP contribution in [0.1, 0.15) is 0 Å². The van der Waals surface area contributed by atoms with Gasteiger partial charge in [0.2, 0.25) is 0 Å². The van der Waals surface area contributed by atoms with Gasteiger partial charge in [-0.2, -0.15) is 0 Å². The van der Waals surface area contributed by atoms with Crippen molar-refractivity contribution in [3.63, 3.8) is 0 Å². The summed E-state index contributed by atoms with van der Waals surface area (Å²) in [5.41, 5.74) is 3.91. The van der Waals surface area contributed by atoms with Crippen LogP contribution in [-0.2, 0) is 0 Å². The van der Waals surface area contributed by atoms with E-state index in [4.69, 9.17) is 0 Å². The average molecular weight is 443 g/mol. The van der Waals surface area contributed by atoms with Gasteiger partial charge >= 0.3 is 6.03 Å². The second kappa shape index (κ2) is 8.55. The first kappa shape index (κ1) is 21.0. The molecule has 2 aromatic heterocycles. The number of hydrogen-bond acceptors (Lipinski definition) is 4. The highest BCUT2D eigenvalue weighted by molar-refractivity contribution is 5.96. The number of nitrogens with one attached hydrogen (secondary N) is 1. The minimum atomic E-state index is -0.181. The van der Waals surface area contributed by atoms with Crippen LogP contribution < -0.4 is 10.5 Å². The maximum Gasteiger partial charge on any atom is 0.324 e. The van der Waals surface area contributed by atoms with E-state index in [0.29, 0.717) is 17.6 Å². The van der Waals surface area contributed by atoms with E-state index in [1.165, 1.54) is 6.33 Å². The van der Waals surface area contributed by atoms with Crippen LogP contribution in [0.4, 0.5) is 10.5 Å². The molecule has 168 valence electrons. The number of nitrogens with zero attached hydrogens (tertiary/aromatic N) is 5. The van der Waals surface area contributed by atoms with E-state index in [1.807, 2.05) is 84.4 Å². The highest BCUT2D eigenvalue weighted by Gasteiger charge is 2.29. The number of hydrogen-bond donors (Lipinski definition) is 1. The second-order valence-corrected chi connectivity index (χ2v) is 8.45. The Labute approximate surface area is 191 Å². The Morgan fingerprint density at radius 3 is 2.45 bits per heavy atom. The van der Waals surface area contributed by atoms with Crippen molar-refractivity contribution in [2.45, 2.75) is 0 Å². The Bertz CT molecular complexity index is 1340. The molecular weight excluding hydrogens is 416 g/mol. The smallest absolute Gasteiger partial charge is 0.321 e. The summed E-state index contributed by atoms with van der Waals surface area (Å²) in [5, 5.41) is 0.543. The molecule has 8 heteroatoms. The fourth-order valence-corrected chi connectivity index (χ4v) is 4.25. The monoisotopic (exact) mass is 442 g/mol. The Balaban J connectivity index is 1.47. The number of urea groups is 1. The number of fused-ring (bicyclic) bond motifs is 1. The molecular formula is C25H26N6O2. The van der Waals surface area contributed by atoms with Crippen LogP contribution in [0.25, 0.3) is 27.8 Å². The molecule has 5 rings (SSSR count). The van der Waals surface area contributed by atoms with Gasteiger partial charge in [0.1, 0.15) is 0 Å². The van der Waals surface area contributed by atoms with Crippen LogP contribution in [-0.4, -0.2) is 70.6 Å². The van der Waals surface area contributed by atoms with Gasteiger partial charge in [-0.25, -0.2) is 9.78 Å². The van der Waals surface area contributed by atoms with Crippen molar-refractivity contribution in [3.05, 3.63) is 77.5 Å². The average Bonchev–Trinajstić information content (AvgIpc) is 3.40. The van der Waals surface area contributed by atoms with Gasteiger partial charge in [0, 0.05) is 49.3 Å². The first-order valence-electron chi connectivity index (χ1n) is 11.0. The summed E-state index contributed by atoms with van der Waals surface area (Å²) in [5.74, 6) is 0. The van der Waals surface area contributed by atoms with E-state index in [9.17, 15) is 9.59 Å². The zero-order valence-electron chi connectivity index (χ0n) is 18.7. The lowest BCUT2D eigenvalue weighted by molar-refractivity contribution is 0.215. The number of rotatable bonds is 6. The second-order valence-electron chi connectivity index (χ2n) is 8.45. The molecule has 8 nitrogen and oxygen atoms in total. The van der Waals surface area contributed by atoms with Gasteiger partial charge in [0.25, 0.3) is 5.56 Å². The summed E-state index contributed by atoms with van der Waals surface area (Å²) in [7, 11) is 4.01. The van der Waals surface area contributed by atoms with Gasteiger partial charge in [0.05, 0.1) is 11.7 Å². The van der Waals surface area contributed by atoms with Crippen molar-refractivity contribution in [3.8, 4) is 16.8 Å². The molecule has 0 saturated carbocycles. The van der Waals surface area contributed by atoms with Crippen molar-refractivity contribution >= 4 is 22.8 Å². The molecule has 1 fully saturated rings. The fourth-order valence-electron chi connectivity index (χ4n) is 4.25. The molecule has 0 unspecified atom stereocenters. The van der Waals surface area contributed by atoms with Gasteiger partial charge in [0.15, 0.2) is 5.65 Å². The molecule has 2 aromatic carbocycles. The number of aromatic amines is 1. The molecule has 3 heterocycles. The van der Waals surface area contributed by atoms with Crippen molar-refractivity contribution in [1.29, 1.82) is 0 Å². The predicted octanol–water partition coefficient (Wildman–Crippen LogP) is 3.18. The van der Waals surface area contributed by atoms with Crippen LogP contribution >= 0.6 is 0 Å². The summed E-state index contributed by atoms with van der Waals surface area (Å²) < 4.78 is 1.93. The number of likely N-dealkylation sites (N-methyl/N-ethyl adjacent to an activating group) is 1. The number of H-pyrrole nitrogens is 1. The minimum Gasteiger partial charge on any atom is -0.321 e. The SMILES string of the molecule is CN(C)CCN1CCN(c2ccc(-c3cn(-c4ccccc4)c4nc[nH]c(=O)c34)cc2)C1=O. The molecule has 1 N–H and O–H groups in total. The van der Waals surface area contributed by atoms with Gasteiger partial charge < -0.3 is 19.4 Å². The van der Waals surface area contributed by atoms with Crippen molar-refractivity contribution < 1.29 is 4.79 Å². The molecule has 2 amide bonds. The Kier molecular flexibility index (Phi) is 5.43. The predicted molar refractivity (Wildman–Crippen MR) is 130 cm³/mol. The topological polar surface area (TPSA) is 77.5 Å². The molecule has 0 atom stereocenters. The molecule has 33 heavy (non-hydrogen) atoms. The summed E-state index contributed by atoms with van der Waals surface area (Å²) >= 11 is 0. The van der Waals surface area contributed by atoms with E-state index in [2.05, 4.69) is 14.9 Å². The quantitative estimate of drug-likeness (QED) is 0.498. The molecule has 1 aliphatic rings. The number of benzene rings is 2. The standard InChI is InChI=1S/C25H26N6O2/c1-28(2)12-13-29-14-15-30(25(29)33)20-10-8-18(9-11-20)21-16-31(19-6-4-3-5-7-19)23-22(21)24(32)27-17-26-23/h3-11,16-17H,12-15H2,1-2H3,(H,26,27,32). The summed E-state index contributed by atoms with van der Waals surface area (Å²) in [6.07, 6.45) is 3.37. The number of carbonyl (C=O) groups excluding carboxylic acids is 1. The van der Waals surface area contributed by atoms with Gasteiger partial charge in [-0.05, 0) is 43.9 Å². The zero-order valence-corrected chi connectivity index (χ0v) is 18.7. The Morgan fingerprint density at radius 1 is 0.970 bits per heavy atom. The van der Waals surface area contributed by atoms with Gasteiger partial charge in [-0.15, -0.1) is 0 Å². The number of para-hydroxylation sites is 1. The van der Waals surface area contributed by atoms with Crippen LogP contribution in [0, 0.1) is 0 Å². The largest absolute Gasteiger partial charge is 0.324 e. The molecule has 0 spiro atoms. The Morgan fingerprint density at radius 2 is 1.73 bits per heavy atom. The minimum absolute atomic E-state index is 0.0333. The molecule has 0 radical (unpaired) electrons. The summed E-state index contributed by atoms with van der Waals surface area (Å²) in [4.78, 5) is 38.4. The Hall–Kier alpha value is -3.91. The first-order valence-corrected chi connectivity index (χ1v) is 11.0. The summed E-state index contributed by atoms with van der Waals surface area (Å²) in [6.45, 7) is 2.95. The van der Waals surface area contributed by atoms with Gasteiger partial charge in [-0.3, -0.25) is 9.69 Å². The summed E-state index contributed by atoms with van der Waals surface area (Å²) in [6, 6.07) is 17.7. The van der Waals surface area contributed by atoms with Crippen LogP contribution in [0.5, 0.6) is 0 Å². The lowest BCUT2D eigenvalue weighted by Crippen LogP contribution is -2.36. The lowest BCUT2D eigenvalue weighted by atomic mass is 10.1. The molecule has 0 bridgehead atoms. The third-order valence-electron chi connectivity index (χ3n) is 6.03.